The SMILES string of the molecule is CC(C)(C)c1noc(CCC(=O)NC(CC(=O)O)c2ccccc2Cl)n1. The molecule has 7 nitrogen and oxygen atoms in total. The first-order valence-corrected chi connectivity index (χ1v) is 8.63. The average Bonchev–Trinajstić information content (AvgIpc) is 3.01. The van der Waals surface area contributed by atoms with Crippen molar-refractivity contribution in [1.29, 1.82) is 0 Å². The molecule has 0 bridgehead atoms. The number of nitrogens with one attached hydrogen (secondary N) is 1. The Kier molecular flexibility index (Phi) is 6.37. The van der Waals surface area contributed by atoms with Crippen LogP contribution in [-0.2, 0) is 21.4 Å². The molecule has 0 saturated carbocycles. The molecule has 2 aromatic rings. The molecule has 1 unspecified atom stereocenters. The zero-order chi connectivity index (χ0) is 19.3. The predicted octanol–water partition coefficient (Wildman–Crippen LogP) is 3.29. The summed E-state index contributed by atoms with van der Waals surface area (Å²) in [5.74, 6) is -0.390. The first-order valence-electron chi connectivity index (χ1n) is 8.25. The third-order valence-electron chi connectivity index (χ3n) is 3.70. The van der Waals surface area contributed by atoms with Crippen molar-refractivity contribution in [3.63, 3.8) is 0 Å². The summed E-state index contributed by atoms with van der Waals surface area (Å²) in [6.07, 6.45) is 0.119. The second kappa shape index (κ2) is 8.31. The molecule has 140 valence electrons. The Morgan fingerprint density at radius 3 is 2.58 bits per heavy atom. The molecule has 1 heterocycles. The van der Waals surface area contributed by atoms with Crippen molar-refractivity contribution in [3.05, 3.63) is 46.6 Å². The van der Waals surface area contributed by atoms with Crippen LogP contribution in [0.1, 0.15) is 56.9 Å². The first kappa shape index (κ1) is 19.9. The lowest BCUT2D eigenvalue weighted by atomic mass is 9.96. The van der Waals surface area contributed by atoms with E-state index in [-0.39, 0.29) is 30.6 Å². The Labute approximate surface area is 156 Å². The van der Waals surface area contributed by atoms with Gasteiger partial charge >= 0.3 is 5.97 Å². The fourth-order valence-corrected chi connectivity index (χ4v) is 2.59. The molecule has 1 aromatic carbocycles. The van der Waals surface area contributed by atoms with E-state index < -0.39 is 12.0 Å². The Morgan fingerprint density at radius 1 is 1.31 bits per heavy atom. The van der Waals surface area contributed by atoms with Crippen LogP contribution >= 0.6 is 11.6 Å². The molecule has 1 atom stereocenters. The largest absolute Gasteiger partial charge is 0.481 e. The normalized spacial score (nSPS) is 12.6. The number of halogens is 1. The third-order valence-corrected chi connectivity index (χ3v) is 4.04. The van der Waals surface area contributed by atoms with Gasteiger partial charge in [-0.3, -0.25) is 9.59 Å². The van der Waals surface area contributed by atoms with Crippen LogP contribution in [0.2, 0.25) is 5.02 Å². The summed E-state index contributed by atoms with van der Waals surface area (Å²) in [4.78, 5) is 27.7. The summed E-state index contributed by atoms with van der Waals surface area (Å²) >= 11 is 6.13. The van der Waals surface area contributed by atoms with E-state index in [1.165, 1.54) is 0 Å². The lowest BCUT2D eigenvalue weighted by Crippen LogP contribution is -2.30. The van der Waals surface area contributed by atoms with Crippen molar-refractivity contribution in [2.75, 3.05) is 0 Å². The number of rotatable bonds is 7. The predicted molar refractivity (Wildman–Crippen MR) is 95.9 cm³/mol. The van der Waals surface area contributed by atoms with Gasteiger partial charge in [0.15, 0.2) is 5.82 Å². The molecule has 0 saturated heterocycles. The Morgan fingerprint density at radius 2 is 2.00 bits per heavy atom. The zero-order valence-electron chi connectivity index (χ0n) is 15.0. The molecule has 8 heteroatoms. The molecule has 0 aliphatic heterocycles. The molecule has 0 fully saturated rings. The van der Waals surface area contributed by atoms with Crippen molar-refractivity contribution in [2.24, 2.45) is 0 Å². The smallest absolute Gasteiger partial charge is 0.305 e. The minimum atomic E-state index is -1.03. The summed E-state index contributed by atoms with van der Waals surface area (Å²) in [6, 6.07) is 6.14. The van der Waals surface area contributed by atoms with Gasteiger partial charge in [0.2, 0.25) is 11.8 Å². The maximum absolute atomic E-state index is 12.3. The van der Waals surface area contributed by atoms with E-state index in [4.69, 9.17) is 21.2 Å². The molecule has 0 spiro atoms. The van der Waals surface area contributed by atoms with Gasteiger partial charge in [0.25, 0.3) is 0 Å². The van der Waals surface area contributed by atoms with Crippen LogP contribution < -0.4 is 5.32 Å². The summed E-state index contributed by atoms with van der Waals surface area (Å²) in [6.45, 7) is 5.90. The van der Waals surface area contributed by atoms with Gasteiger partial charge in [-0.25, -0.2) is 0 Å². The van der Waals surface area contributed by atoms with Crippen LogP contribution in [0, 0.1) is 0 Å². The number of carboxylic acids is 1. The van der Waals surface area contributed by atoms with Gasteiger partial charge in [0, 0.05) is 23.3 Å². The van der Waals surface area contributed by atoms with E-state index in [1.54, 1.807) is 24.3 Å². The summed E-state index contributed by atoms with van der Waals surface area (Å²) in [7, 11) is 0. The van der Waals surface area contributed by atoms with Crippen LogP contribution in [0.4, 0.5) is 0 Å². The van der Waals surface area contributed by atoms with E-state index in [9.17, 15) is 9.59 Å². The molecule has 0 radical (unpaired) electrons. The molecule has 2 rings (SSSR count). The third kappa shape index (κ3) is 5.56. The van der Waals surface area contributed by atoms with Crippen LogP contribution in [0.5, 0.6) is 0 Å². The fourth-order valence-electron chi connectivity index (χ4n) is 2.32. The van der Waals surface area contributed by atoms with Crippen molar-refractivity contribution < 1.29 is 19.2 Å². The number of aliphatic carboxylic acids is 1. The lowest BCUT2D eigenvalue weighted by molar-refractivity contribution is -0.137. The van der Waals surface area contributed by atoms with E-state index in [2.05, 4.69) is 15.5 Å². The van der Waals surface area contributed by atoms with Gasteiger partial charge in [-0.15, -0.1) is 0 Å². The maximum atomic E-state index is 12.3. The number of carbonyl (C=O) groups is 2. The van der Waals surface area contributed by atoms with Crippen molar-refractivity contribution >= 4 is 23.5 Å². The number of hydrogen-bond acceptors (Lipinski definition) is 5. The summed E-state index contributed by atoms with van der Waals surface area (Å²) < 4.78 is 5.16. The fraction of sp³-hybridized carbons (Fsp3) is 0.444. The van der Waals surface area contributed by atoms with E-state index >= 15 is 0 Å². The number of carboxylic acid groups (broad SMARTS) is 1. The zero-order valence-corrected chi connectivity index (χ0v) is 15.7. The summed E-state index contributed by atoms with van der Waals surface area (Å²) in [5.41, 5.74) is 0.332. The number of aryl methyl sites for hydroxylation is 1. The lowest BCUT2D eigenvalue weighted by Gasteiger charge is -2.18. The number of benzene rings is 1. The Hall–Kier alpha value is -2.41. The number of nitrogens with zero attached hydrogens (tertiary/aromatic N) is 2. The van der Waals surface area contributed by atoms with Crippen LogP contribution in [0.15, 0.2) is 28.8 Å². The van der Waals surface area contributed by atoms with Gasteiger partial charge in [0.05, 0.1) is 12.5 Å². The number of hydrogen-bond donors (Lipinski definition) is 2. The highest BCUT2D eigenvalue weighted by molar-refractivity contribution is 6.31. The van der Waals surface area contributed by atoms with Gasteiger partial charge in [-0.05, 0) is 11.6 Å². The summed E-state index contributed by atoms with van der Waals surface area (Å²) in [5, 5.41) is 16.1. The molecular formula is C18H22ClN3O4. The first-order chi connectivity index (χ1) is 12.2. The molecule has 2 N–H and O–H groups in total. The van der Waals surface area contributed by atoms with E-state index in [0.29, 0.717) is 22.3 Å². The highest BCUT2D eigenvalue weighted by Crippen LogP contribution is 2.25. The minimum Gasteiger partial charge on any atom is -0.481 e. The van der Waals surface area contributed by atoms with Crippen LogP contribution in [0.25, 0.3) is 0 Å². The number of carbonyl (C=O) groups excluding carboxylic acids is 1. The Bertz CT molecular complexity index is 783. The number of amides is 1. The highest BCUT2D eigenvalue weighted by atomic mass is 35.5. The topological polar surface area (TPSA) is 105 Å². The standard InChI is InChI=1S/C18H22ClN3O4/c1-18(2,3)17-21-15(26-22-17)9-8-14(23)20-13(10-16(24)25)11-6-4-5-7-12(11)19/h4-7,13H,8-10H2,1-3H3,(H,20,23)(H,24,25). The van der Waals surface area contributed by atoms with Gasteiger partial charge in [0.1, 0.15) is 0 Å². The molecule has 1 aromatic heterocycles. The van der Waals surface area contributed by atoms with Gasteiger partial charge in [-0.2, -0.15) is 4.98 Å². The molecule has 26 heavy (non-hydrogen) atoms. The molecule has 0 aliphatic carbocycles. The van der Waals surface area contributed by atoms with Crippen LogP contribution in [-0.4, -0.2) is 27.1 Å². The minimum absolute atomic E-state index is 0.104. The molecule has 1 amide bonds. The maximum Gasteiger partial charge on any atom is 0.305 e. The Balaban J connectivity index is 2.00. The quantitative estimate of drug-likeness (QED) is 0.764. The second-order valence-corrected chi connectivity index (χ2v) is 7.41. The van der Waals surface area contributed by atoms with Crippen LogP contribution in [0.3, 0.4) is 0 Å². The van der Waals surface area contributed by atoms with Gasteiger partial charge < -0.3 is 14.9 Å². The molecule has 0 aliphatic rings. The second-order valence-electron chi connectivity index (χ2n) is 7.00. The van der Waals surface area contributed by atoms with E-state index in [1.807, 2.05) is 20.8 Å². The number of aromatic nitrogens is 2. The van der Waals surface area contributed by atoms with Crippen molar-refractivity contribution in [1.82, 2.24) is 15.5 Å². The van der Waals surface area contributed by atoms with E-state index in [0.717, 1.165) is 0 Å². The molecular weight excluding hydrogens is 358 g/mol. The highest BCUT2D eigenvalue weighted by Gasteiger charge is 2.23. The van der Waals surface area contributed by atoms with Gasteiger partial charge in [-0.1, -0.05) is 55.7 Å². The average molecular weight is 380 g/mol. The monoisotopic (exact) mass is 379 g/mol. The van der Waals surface area contributed by atoms with Crippen molar-refractivity contribution in [2.45, 2.75) is 51.5 Å². The van der Waals surface area contributed by atoms with Crippen molar-refractivity contribution in [3.8, 4) is 0 Å².